The van der Waals surface area contributed by atoms with Gasteiger partial charge in [-0.05, 0) is 57.4 Å². The van der Waals surface area contributed by atoms with Gasteiger partial charge in [0.25, 0.3) is 0 Å². The van der Waals surface area contributed by atoms with Crippen molar-refractivity contribution in [2.75, 3.05) is 33.2 Å². The lowest BCUT2D eigenvalue weighted by molar-refractivity contribution is -0.146. The Morgan fingerprint density at radius 2 is 1.96 bits per heavy atom. The van der Waals surface area contributed by atoms with Crippen LogP contribution < -0.4 is 0 Å². The second-order valence-corrected chi connectivity index (χ2v) is 8.42. The van der Waals surface area contributed by atoms with E-state index in [0.717, 1.165) is 37.9 Å². The van der Waals surface area contributed by atoms with Gasteiger partial charge in [-0.15, -0.1) is 0 Å². The van der Waals surface area contributed by atoms with Gasteiger partial charge >= 0.3 is 0 Å². The van der Waals surface area contributed by atoms with Crippen LogP contribution in [0.4, 0.5) is 8.78 Å². The lowest BCUT2D eigenvalue weighted by atomic mass is 9.78. The van der Waals surface area contributed by atoms with Crippen LogP contribution in [0.1, 0.15) is 38.7 Å². The van der Waals surface area contributed by atoms with Gasteiger partial charge in [0, 0.05) is 32.7 Å². The van der Waals surface area contributed by atoms with Crippen molar-refractivity contribution in [2.24, 2.45) is 5.41 Å². The smallest absolute Gasteiger partial charge is 0.236 e. The number of piperidine rings is 1. The van der Waals surface area contributed by atoms with Gasteiger partial charge < -0.3 is 9.80 Å². The molecule has 1 spiro atoms. The van der Waals surface area contributed by atoms with Gasteiger partial charge in [0.05, 0.1) is 12.0 Å². The molecule has 0 saturated carbocycles. The van der Waals surface area contributed by atoms with Crippen molar-refractivity contribution in [2.45, 2.75) is 45.7 Å². The molecule has 154 valence electrons. The molecule has 0 bridgehead atoms. The average molecular weight is 393 g/mol. The summed E-state index contributed by atoms with van der Waals surface area (Å²) in [5.41, 5.74) is 0.126. The Kier molecular flexibility index (Phi) is 6.03. The molecule has 1 atom stereocenters. The van der Waals surface area contributed by atoms with Crippen LogP contribution in [0.3, 0.4) is 0 Å². The van der Waals surface area contributed by atoms with Crippen molar-refractivity contribution in [3.63, 3.8) is 0 Å². The van der Waals surface area contributed by atoms with Crippen molar-refractivity contribution >= 4 is 11.8 Å². The van der Waals surface area contributed by atoms with Gasteiger partial charge in [-0.1, -0.05) is 6.07 Å². The van der Waals surface area contributed by atoms with Crippen LogP contribution in [0.25, 0.3) is 0 Å². The molecule has 1 aromatic carbocycles. The first-order valence-corrected chi connectivity index (χ1v) is 9.93. The molecule has 28 heavy (non-hydrogen) atoms. The quantitative estimate of drug-likeness (QED) is 0.773. The third-order valence-electron chi connectivity index (χ3n) is 6.14. The van der Waals surface area contributed by atoms with E-state index in [1.54, 1.807) is 16.8 Å². The number of carbonyl (C=O) groups excluding carboxylic acids is 2. The number of benzene rings is 1. The summed E-state index contributed by atoms with van der Waals surface area (Å²) in [6, 6.07) is 3.93. The first-order chi connectivity index (χ1) is 13.2. The van der Waals surface area contributed by atoms with Gasteiger partial charge in [-0.25, -0.2) is 8.78 Å². The summed E-state index contributed by atoms with van der Waals surface area (Å²) in [5, 5.41) is 0. The molecule has 2 saturated heterocycles. The Morgan fingerprint density at radius 1 is 1.21 bits per heavy atom. The third-order valence-corrected chi connectivity index (χ3v) is 6.14. The van der Waals surface area contributed by atoms with Crippen LogP contribution in [0.2, 0.25) is 0 Å². The molecule has 0 N–H and O–H groups in total. The molecule has 2 heterocycles. The fraction of sp³-hybridized carbons (Fsp3) is 0.619. The summed E-state index contributed by atoms with van der Waals surface area (Å²) in [6.07, 6.45) is 2.42. The van der Waals surface area contributed by atoms with E-state index in [0.29, 0.717) is 25.2 Å². The summed E-state index contributed by atoms with van der Waals surface area (Å²) < 4.78 is 26.7. The maximum Gasteiger partial charge on any atom is 0.236 e. The van der Waals surface area contributed by atoms with Crippen LogP contribution in [-0.2, 0) is 16.1 Å². The molecule has 2 aliphatic heterocycles. The topological polar surface area (TPSA) is 43.9 Å². The van der Waals surface area contributed by atoms with E-state index in [4.69, 9.17) is 0 Å². The molecule has 2 aliphatic rings. The van der Waals surface area contributed by atoms with Crippen LogP contribution in [-0.4, -0.2) is 65.8 Å². The highest BCUT2D eigenvalue weighted by Crippen LogP contribution is 2.40. The van der Waals surface area contributed by atoms with E-state index in [-0.39, 0.29) is 24.4 Å². The van der Waals surface area contributed by atoms with Gasteiger partial charge in [-0.2, -0.15) is 0 Å². The average Bonchev–Trinajstić information content (AvgIpc) is 3.05. The summed E-state index contributed by atoms with van der Waals surface area (Å²) >= 11 is 0. The molecule has 5 nitrogen and oxygen atoms in total. The molecule has 3 rings (SSSR count). The Hall–Kier alpha value is -2.02. The molecular formula is C21H29F2N3O2. The number of halogens is 2. The van der Waals surface area contributed by atoms with E-state index < -0.39 is 17.0 Å². The van der Waals surface area contributed by atoms with Crippen LogP contribution in [0.5, 0.6) is 0 Å². The molecule has 2 amide bonds. The van der Waals surface area contributed by atoms with Gasteiger partial charge in [-0.3, -0.25) is 14.5 Å². The van der Waals surface area contributed by atoms with Gasteiger partial charge in [0.2, 0.25) is 11.8 Å². The fourth-order valence-corrected chi connectivity index (χ4v) is 4.22. The number of hydrogen-bond donors (Lipinski definition) is 0. The maximum absolute atomic E-state index is 13.5. The van der Waals surface area contributed by atoms with E-state index in [9.17, 15) is 18.4 Å². The molecule has 0 aliphatic carbocycles. The molecule has 2 fully saturated rings. The van der Waals surface area contributed by atoms with E-state index in [1.807, 2.05) is 13.8 Å². The zero-order chi connectivity index (χ0) is 20.5. The maximum atomic E-state index is 13.5. The third kappa shape index (κ3) is 4.19. The van der Waals surface area contributed by atoms with Crippen LogP contribution in [0.15, 0.2) is 18.2 Å². The van der Waals surface area contributed by atoms with Crippen LogP contribution in [0, 0.1) is 17.0 Å². The summed E-state index contributed by atoms with van der Waals surface area (Å²) in [6.45, 7) is 6.49. The zero-order valence-electron chi connectivity index (χ0n) is 16.9. The normalized spacial score (nSPS) is 23.1. The largest absolute Gasteiger partial charge is 0.342 e. The molecule has 1 aromatic rings. The number of hydrogen-bond acceptors (Lipinski definition) is 3. The highest BCUT2D eigenvalue weighted by molar-refractivity contribution is 5.84. The minimum absolute atomic E-state index is 0.0638. The Balaban J connectivity index is 1.65. The summed E-state index contributed by atoms with van der Waals surface area (Å²) in [7, 11) is 1.80. The lowest BCUT2D eigenvalue weighted by Crippen LogP contribution is -2.50. The predicted molar refractivity (Wildman–Crippen MR) is 102 cm³/mol. The lowest BCUT2D eigenvalue weighted by Gasteiger charge is -2.39. The standard InChI is InChI=1S/C21H29F2N3O2/c1-15(2)24(3)19(27)13-25-10-8-21(14-25)7-4-9-26(20(21)28)12-16-5-6-17(22)18(23)11-16/h5-6,11,15H,4,7-10,12-14H2,1-3H3/t21-/m1/s1. The first-order valence-electron chi connectivity index (χ1n) is 9.93. The number of likely N-dealkylation sites (N-methyl/N-ethyl adjacent to an activating group) is 1. The highest BCUT2D eigenvalue weighted by atomic mass is 19.2. The van der Waals surface area contributed by atoms with Crippen molar-refractivity contribution in [1.82, 2.24) is 14.7 Å². The van der Waals surface area contributed by atoms with Crippen molar-refractivity contribution in [3.8, 4) is 0 Å². The van der Waals surface area contributed by atoms with Crippen molar-refractivity contribution < 1.29 is 18.4 Å². The second kappa shape index (κ2) is 8.15. The fourth-order valence-electron chi connectivity index (χ4n) is 4.22. The number of carbonyl (C=O) groups is 2. The van der Waals surface area contributed by atoms with Gasteiger partial charge in [0.15, 0.2) is 11.6 Å². The number of amides is 2. The monoisotopic (exact) mass is 393 g/mol. The SMILES string of the molecule is CC(C)N(C)C(=O)CN1CC[C@]2(CCCN(Cc3ccc(F)c(F)c3)C2=O)C1. The first kappa shape index (κ1) is 20.7. The molecule has 0 unspecified atom stereocenters. The highest BCUT2D eigenvalue weighted by Gasteiger charge is 2.48. The second-order valence-electron chi connectivity index (χ2n) is 8.42. The van der Waals surface area contributed by atoms with E-state index in [2.05, 4.69) is 4.90 Å². The summed E-state index contributed by atoms with van der Waals surface area (Å²) in [4.78, 5) is 31.1. The Bertz CT molecular complexity index is 755. The zero-order valence-corrected chi connectivity index (χ0v) is 16.9. The Morgan fingerprint density at radius 3 is 2.64 bits per heavy atom. The summed E-state index contributed by atoms with van der Waals surface area (Å²) in [5.74, 6) is -1.64. The molecule has 0 aromatic heterocycles. The molecule has 0 radical (unpaired) electrons. The van der Waals surface area contributed by atoms with E-state index >= 15 is 0 Å². The van der Waals surface area contributed by atoms with Crippen molar-refractivity contribution in [3.05, 3.63) is 35.4 Å². The van der Waals surface area contributed by atoms with Gasteiger partial charge in [0.1, 0.15) is 0 Å². The van der Waals surface area contributed by atoms with E-state index in [1.165, 1.54) is 6.07 Å². The minimum atomic E-state index is -0.892. The Labute approximate surface area is 165 Å². The number of rotatable bonds is 5. The van der Waals surface area contributed by atoms with Crippen molar-refractivity contribution in [1.29, 1.82) is 0 Å². The molecule has 7 heteroatoms. The number of likely N-dealkylation sites (tertiary alicyclic amines) is 2. The van der Waals surface area contributed by atoms with Crippen LogP contribution >= 0.6 is 0 Å². The predicted octanol–water partition coefficient (Wildman–Crippen LogP) is 2.65. The molecular weight excluding hydrogens is 364 g/mol. The number of nitrogens with zero attached hydrogens (tertiary/aromatic N) is 3. The minimum Gasteiger partial charge on any atom is -0.342 e.